The molecule has 0 fully saturated rings. The van der Waals surface area contributed by atoms with Gasteiger partial charge < -0.3 is 15.2 Å². The molecule has 0 atom stereocenters. The SMILES string of the molecule is Nc1nccn2c(N3CCn4c(C(F)(F)F)cnc4C3)nc(Br)c12. The summed E-state index contributed by atoms with van der Waals surface area (Å²) in [5.74, 6) is 1.25. The first-order valence-electron chi connectivity index (χ1n) is 7.01. The van der Waals surface area contributed by atoms with E-state index in [9.17, 15) is 13.2 Å². The molecule has 0 spiro atoms. The zero-order valence-corrected chi connectivity index (χ0v) is 13.7. The number of aromatic nitrogens is 5. The van der Waals surface area contributed by atoms with Gasteiger partial charge in [-0.25, -0.2) is 15.0 Å². The summed E-state index contributed by atoms with van der Waals surface area (Å²) < 4.78 is 42.4. The molecule has 7 nitrogen and oxygen atoms in total. The molecule has 1 aliphatic rings. The Balaban J connectivity index is 1.74. The number of nitrogen functional groups attached to an aromatic ring is 1. The van der Waals surface area contributed by atoms with Crippen molar-refractivity contribution in [1.82, 2.24) is 23.9 Å². The molecule has 0 amide bonds. The number of nitrogens with zero attached hydrogens (tertiary/aromatic N) is 6. The lowest BCUT2D eigenvalue weighted by Gasteiger charge is -2.29. The molecule has 0 saturated carbocycles. The summed E-state index contributed by atoms with van der Waals surface area (Å²) in [5, 5.41) is 0. The third-order valence-corrected chi connectivity index (χ3v) is 4.51. The third kappa shape index (κ3) is 2.22. The van der Waals surface area contributed by atoms with Crippen LogP contribution in [0.2, 0.25) is 0 Å². The smallest absolute Gasteiger partial charge is 0.382 e. The number of imidazole rings is 2. The quantitative estimate of drug-likeness (QED) is 0.676. The van der Waals surface area contributed by atoms with Gasteiger partial charge in [0.25, 0.3) is 0 Å². The van der Waals surface area contributed by atoms with Crippen molar-refractivity contribution in [3.63, 3.8) is 0 Å². The zero-order chi connectivity index (χ0) is 17.1. The average molecular weight is 402 g/mol. The molecule has 0 bridgehead atoms. The van der Waals surface area contributed by atoms with Gasteiger partial charge in [-0.3, -0.25) is 4.40 Å². The Bertz CT molecular complexity index is 930. The molecule has 0 aromatic carbocycles. The minimum Gasteiger partial charge on any atom is -0.382 e. The summed E-state index contributed by atoms with van der Waals surface area (Å²) in [6.45, 7) is 0.779. The Morgan fingerprint density at radius 3 is 2.75 bits per heavy atom. The normalized spacial score (nSPS) is 15.1. The minimum absolute atomic E-state index is 0.178. The second kappa shape index (κ2) is 5.10. The van der Waals surface area contributed by atoms with E-state index < -0.39 is 11.9 Å². The van der Waals surface area contributed by atoms with Gasteiger partial charge >= 0.3 is 6.18 Å². The molecule has 4 heterocycles. The van der Waals surface area contributed by atoms with Crippen LogP contribution in [0, 0.1) is 0 Å². The molecule has 4 rings (SSSR count). The van der Waals surface area contributed by atoms with Crippen LogP contribution >= 0.6 is 15.9 Å². The van der Waals surface area contributed by atoms with E-state index in [0.717, 1.165) is 6.20 Å². The Morgan fingerprint density at radius 1 is 1.21 bits per heavy atom. The van der Waals surface area contributed by atoms with E-state index in [4.69, 9.17) is 5.73 Å². The van der Waals surface area contributed by atoms with E-state index in [1.807, 2.05) is 4.90 Å². The second-order valence-corrected chi connectivity index (χ2v) is 6.12. The molecule has 0 aliphatic carbocycles. The first-order chi connectivity index (χ1) is 11.4. The highest BCUT2D eigenvalue weighted by molar-refractivity contribution is 9.10. The van der Waals surface area contributed by atoms with Crippen molar-refractivity contribution in [2.45, 2.75) is 19.3 Å². The molecule has 126 valence electrons. The van der Waals surface area contributed by atoms with Crippen LogP contribution in [-0.2, 0) is 19.3 Å². The van der Waals surface area contributed by atoms with E-state index >= 15 is 0 Å². The Morgan fingerprint density at radius 2 is 2.00 bits per heavy atom. The van der Waals surface area contributed by atoms with Gasteiger partial charge in [0.2, 0.25) is 5.95 Å². The van der Waals surface area contributed by atoms with E-state index in [-0.39, 0.29) is 13.1 Å². The van der Waals surface area contributed by atoms with E-state index in [0.29, 0.717) is 34.3 Å². The predicted molar refractivity (Wildman–Crippen MR) is 83.4 cm³/mol. The van der Waals surface area contributed by atoms with Crippen LogP contribution in [0.1, 0.15) is 11.5 Å². The fraction of sp³-hybridized carbons (Fsp3) is 0.308. The van der Waals surface area contributed by atoms with E-state index in [1.165, 1.54) is 4.57 Å². The van der Waals surface area contributed by atoms with Gasteiger partial charge in [0.05, 0.1) is 12.7 Å². The largest absolute Gasteiger partial charge is 0.433 e. The summed E-state index contributed by atoms with van der Waals surface area (Å²) in [7, 11) is 0. The maximum absolute atomic E-state index is 13.0. The molecule has 3 aromatic heterocycles. The van der Waals surface area contributed by atoms with Crippen molar-refractivity contribution < 1.29 is 13.2 Å². The molecule has 0 unspecified atom stereocenters. The van der Waals surface area contributed by atoms with E-state index in [2.05, 4.69) is 30.9 Å². The number of anilines is 2. The Kier molecular flexibility index (Phi) is 3.24. The topological polar surface area (TPSA) is 77.3 Å². The maximum atomic E-state index is 13.0. The molecule has 11 heteroatoms. The van der Waals surface area contributed by atoms with Crippen LogP contribution in [0.5, 0.6) is 0 Å². The molecule has 2 N–H and O–H groups in total. The van der Waals surface area contributed by atoms with Gasteiger partial charge in [-0.2, -0.15) is 13.2 Å². The van der Waals surface area contributed by atoms with Gasteiger partial charge in [0, 0.05) is 25.5 Å². The first-order valence-corrected chi connectivity index (χ1v) is 7.80. The summed E-state index contributed by atoms with van der Waals surface area (Å²) >= 11 is 3.35. The Labute approximate surface area is 142 Å². The summed E-state index contributed by atoms with van der Waals surface area (Å²) in [4.78, 5) is 14.2. The number of halogens is 4. The van der Waals surface area contributed by atoms with Crippen LogP contribution in [0.3, 0.4) is 0 Å². The minimum atomic E-state index is -4.41. The molecular weight excluding hydrogens is 391 g/mol. The highest BCUT2D eigenvalue weighted by Gasteiger charge is 2.37. The van der Waals surface area contributed by atoms with E-state index in [1.54, 1.807) is 16.8 Å². The molecule has 3 aromatic rings. The summed E-state index contributed by atoms with van der Waals surface area (Å²) in [6.07, 6.45) is -0.273. The number of nitrogens with two attached hydrogens (primary N) is 1. The lowest BCUT2D eigenvalue weighted by atomic mass is 10.3. The van der Waals surface area contributed by atoms with Gasteiger partial charge in [-0.1, -0.05) is 0 Å². The number of rotatable bonds is 1. The molecule has 1 aliphatic heterocycles. The van der Waals surface area contributed by atoms with Gasteiger partial charge in [-0.15, -0.1) is 0 Å². The van der Waals surface area contributed by atoms with Crippen LogP contribution in [0.15, 0.2) is 23.2 Å². The zero-order valence-electron chi connectivity index (χ0n) is 12.1. The number of hydrogen-bond donors (Lipinski definition) is 1. The predicted octanol–water partition coefficient (Wildman–Crippen LogP) is 2.31. The number of hydrogen-bond acceptors (Lipinski definition) is 5. The summed E-state index contributed by atoms with van der Waals surface area (Å²) in [6, 6.07) is 0. The molecule has 0 saturated heterocycles. The standard InChI is InChI=1S/C13H11BrF3N7/c14-10-9-11(18)19-1-2-24(9)12(21-10)22-3-4-23-7(13(15,16)17)5-20-8(23)6-22/h1-2,5H,3-4,6H2,(H2,18,19). The first kappa shape index (κ1) is 15.2. The Hall–Kier alpha value is -2.30. The lowest BCUT2D eigenvalue weighted by molar-refractivity contribution is -0.143. The van der Waals surface area contributed by atoms with Gasteiger partial charge in [-0.05, 0) is 15.9 Å². The highest BCUT2D eigenvalue weighted by Crippen LogP contribution is 2.33. The maximum Gasteiger partial charge on any atom is 0.433 e. The highest BCUT2D eigenvalue weighted by atomic mass is 79.9. The number of fused-ring (bicyclic) bond motifs is 2. The molecule has 0 radical (unpaired) electrons. The van der Waals surface area contributed by atoms with Crippen LogP contribution in [-0.4, -0.2) is 30.5 Å². The van der Waals surface area contributed by atoms with Crippen molar-refractivity contribution in [3.8, 4) is 0 Å². The average Bonchev–Trinajstić information content (AvgIpc) is 3.08. The summed E-state index contributed by atoms with van der Waals surface area (Å²) in [5.41, 5.74) is 5.77. The van der Waals surface area contributed by atoms with Crippen molar-refractivity contribution in [1.29, 1.82) is 0 Å². The monoisotopic (exact) mass is 401 g/mol. The third-order valence-electron chi connectivity index (χ3n) is 3.96. The molecular formula is C13H11BrF3N7. The second-order valence-electron chi connectivity index (χ2n) is 5.36. The molecule has 24 heavy (non-hydrogen) atoms. The fourth-order valence-electron chi connectivity index (χ4n) is 2.89. The van der Waals surface area contributed by atoms with Crippen LogP contribution < -0.4 is 10.6 Å². The van der Waals surface area contributed by atoms with Crippen LogP contribution in [0.25, 0.3) is 5.52 Å². The van der Waals surface area contributed by atoms with Crippen molar-refractivity contribution in [2.24, 2.45) is 0 Å². The lowest BCUT2D eigenvalue weighted by Crippen LogP contribution is -2.36. The number of alkyl halides is 3. The van der Waals surface area contributed by atoms with Gasteiger partial charge in [0.15, 0.2) is 5.82 Å². The van der Waals surface area contributed by atoms with Crippen molar-refractivity contribution in [2.75, 3.05) is 17.2 Å². The van der Waals surface area contributed by atoms with Crippen LogP contribution in [0.4, 0.5) is 24.9 Å². The van der Waals surface area contributed by atoms with Crippen molar-refractivity contribution in [3.05, 3.63) is 34.7 Å². The van der Waals surface area contributed by atoms with Gasteiger partial charge in [0.1, 0.15) is 21.6 Å². The fourth-order valence-corrected chi connectivity index (χ4v) is 3.44. The van der Waals surface area contributed by atoms with Crippen molar-refractivity contribution >= 4 is 33.2 Å².